The second-order valence-corrected chi connectivity index (χ2v) is 8.66. The fourth-order valence-corrected chi connectivity index (χ4v) is 4.45. The Bertz CT molecular complexity index is 1050. The van der Waals surface area contributed by atoms with E-state index in [1.807, 2.05) is 0 Å². The summed E-state index contributed by atoms with van der Waals surface area (Å²) in [7, 11) is 0. The molecule has 7 nitrogen and oxygen atoms in total. The number of carbonyl (C=O) groups excluding carboxylic acids is 2. The largest absolute Gasteiger partial charge is 0.449 e. The number of nitrogens with zero attached hydrogens (tertiary/aromatic N) is 1. The third-order valence-electron chi connectivity index (χ3n) is 5.16. The predicted octanol–water partition coefficient (Wildman–Crippen LogP) is 5.37. The second-order valence-electron chi connectivity index (χ2n) is 7.57. The molecule has 0 bridgehead atoms. The summed E-state index contributed by atoms with van der Waals surface area (Å²) in [6, 6.07) is 8.28. The zero-order valence-corrected chi connectivity index (χ0v) is 18.4. The van der Waals surface area contributed by atoms with E-state index in [-0.39, 0.29) is 21.4 Å². The molecule has 0 aromatic heterocycles. The van der Waals surface area contributed by atoms with Gasteiger partial charge >= 0.3 is 12.1 Å². The quantitative estimate of drug-likeness (QED) is 0.324. The van der Waals surface area contributed by atoms with Crippen molar-refractivity contribution in [2.24, 2.45) is 0 Å². The monoisotopic (exact) mass is 482 g/mol. The SMILES string of the molecule is CC(OC(=O)c1ccccc1Sc1ccc(C(F)(F)F)cc1[N+](=O)[O-])C(=O)NC1CCCC1. The number of nitro benzene ring substituents is 1. The van der Waals surface area contributed by atoms with Gasteiger partial charge in [0.15, 0.2) is 6.10 Å². The lowest BCUT2D eigenvalue weighted by Crippen LogP contribution is -2.40. The van der Waals surface area contributed by atoms with Gasteiger partial charge in [0.25, 0.3) is 11.6 Å². The molecule has 1 amide bonds. The fraction of sp³-hybridized carbons (Fsp3) is 0.364. The van der Waals surface area contributed by atoms with Crippen molar-refractivity contribution in [1.82, 2.24) is 5.32 Å². The van der Waals surface area contributed by atoms with Gasteiger partial charge in [-0.2, -0.15) is 13.2 Å². The van der Waals surface area contributed by atoms with Crippen molar-refractivity contribution < 1.29 is 32.4 Å². The van der Waals surface area contributed by atoms with Crippen LogP contribution in [-0.4, -0.2) is 28.9 Å². The molecule has 3 rings (SSSR count). The second kappa shape index (κ2) is 10.2. The van der Waals surface area contributed by atoms with Gasteiger partial charge in [-0.05, 0) is 44.0 Å². The molecule has 1 atom stereocenters. The number of ether oxygens (including phenoxy) is 1. The van der Waals surface area contributed by atoms with Crippen LogP contribution >= 0.6 is 11.8 Å². The van der Waals surface area contributed by atoms with Gasteiger partial charge in [0.05, 0.1) is 20.9 Å². The van der Waals surface area contributed by atoms with Crippen molar-refractivity contribution in [3.8, 4) is 0 Å². The maximum absolute atomic E-state index is 13.0. The number of nitro groups is 1. The van der Waals surface area contributed by atoms with Crippen LogP contribution in [0, 0.1) is 10.1 Å². The van der Waals surface area contributed by atoms with Gasteiger partial charge in [0.1, 0.15) is 0 Å². The molecule has 1 saturated carbocycles. The Morgan fingerprint density at radius 2 is 1.82 bits per heavy atom. The van der Waals surface area contributed by atoms with E-state index in [9.17, 15) is 32.9 Å². The Balaban J connectivity index is 1.78. The Labute approximate surface area is 191 Å². The van der Waals surface area contributed by atoms with E-state index >= 15 is 0 Å². The highest BCUT2D eigenvalue weighted by molar-refractivity contribution is 7.99. The molecule has 0 spiro atoms. The lowest BCUT2D eigenvalue weighted by atomic mass is 10.2. The lowest BCUT2D eigenvalue weighted by molar-refractivity contribution is -0.388. The summed E-state index contributed by atoms with van der Waals surface area (Å²) < 4.78 is 44.1. The number of benzene rings is 2. The summed E-state index contributed by atoms with van der Waals surface area (Å²) in [5.74, 6) is -1.24. The van der Waals surface area contributed by atoms with Crippen molar-refractivity contribution in [2.75, 3.05) is 0 Å². The van der Waals surface area contributed by atoms with E-state index < -0.39 is 40.3 Å². The molecule has 1 aliphatic rings. The van der Waals surface area contributed by atoms with Crippen LogP contribution in [0.4, 0.5) is 18.9 Å². The third kappa shape index (κ3) is 6.25. The predicted molar refractivity (Wildman–Crippen MR) is 114 cm³/mol. The molecule has 0 heterocycles. The molecular formula is C22H21F3N2O5S. The van der Waals surface area contributed by atoms with Gasteiger partial charge < -0.3 is 10.1 Å². The highest BCUT2D eigenvalue weighted by Gasteiger charge is 2.33. The van der Waals surface area contributed by atoms with Gasteiger partial charge in [0, 0.05) is 17.0 Å². The lowest BCUT2D eigenvalue weighted by Gasteiger charge is -2.18. The van der Waals surface area contributed by atoms with Crippen LogP contribution in [0.2, 0.25) is 0 Å². The molecule has 1 N–H and O–H groups in total. The first kappa shape index (κ1) is 24.6. The molecule has 176 valence electrons. The molecule has 0 radical (unpaired) electrons. The van der Waals surface area contributed by atoms with Crippen LogP contribution in [-0.2, 0) is 15.7 Å². The normalized spacial score (nSPS) is 15.2. The Hall–Kier alpha value is -3.08. The van der Waals surface area contributed by atoms with E-state index in [0.29, 0.717) is 6.07 Å². The number of amides is 1. The van der Waals surface area contributed by atoms with Crippen molar-refractivity contribution in [1.29, 1.82) is 0 Å². The van der Waals surface area contributed by atoms with E-state index in [1.54, 1.807) is 12.1 Å². The Morgan fingerprint density at radius 3 is 2.45 bits per heavy atom. The highest BCUT2D eigenvalue weighted by Crippen LogP contribution is 2.40. The van der Waals surface area contributed by atoms with Gasteiger partial charge in [-0.1, -0.05) is 36.7 Å². The van der Waals surface area contributed by atoms with Crippen LogP contribution < -0.4 is 5.32 Å². The molecule has 11 heteroatoms. The molecule has 1 fully saturated rings. The number of rotatable bonds is 7. The molecule has 2 aromatic carbocycles. The Morgan fingerprint density at radius 1 is 1.15 bits per heavy atom. The van der Waals surface area contributed by atoms with E-state index in [4.69, 9.17) is 4.74 Å². The van der Waals surface area contributed by atoms with Gasteiger partial charge in [-0.25, -0.2) is 4.79 Å². The summed E-state index contributed by atoms with van der Waals surface area (Å²) in [6.45, 7) is 1.44. The van der Waals surface area contributed by atoms with Crippen LogP contribution in [0.5, 0.6) is 0 Å². The maximum Gasteiger partial charge on any atom is 0.416 e. The standard InChI is InChI=1S/C22H21F3N2O5S/c1-13(20(28)26-15-6-2-3-7-15)32-21(29)16-8-4-5-9-18(16)33-19-11-10-14(22(23,24)25)12-17(19)27(30)31/h4-5,8-13,15H,2-3,6-7H2,1H3,(H,26,28). The van der Waals surface area contributed by atoms with E-state index in [1.165, 1.54) is 19.1 Å². The first-order chi connectivity index (χ1) is 15.6. The molecule has 2 aromatic rings. The number of halogens is 3. The fourth-order valence-electron chi connectivity index (χ4n) is 3.43. The number of carbonyl (C=O) groups is 2. The molecular weight excluding hydrogens is 461 g/mol. The minimum Gasteiger partial charge on any atom is -0.449 e. The summed E-state index contributed by atoms with van der Waals surface area (Å²) in [6.07, 6.45) is -1.99. The van der Waals surface area contributed by atoms with E-state index in [0.717, 1.165) is 49.6 Å². The number of nitrogens with one attached hydrogen (secondary N) is 1. The van der Waals surface area contributed by atoms with Gasteiger partial charge in [-0.3, -0.25) is 14.9 Å². The number of alkyl halides is 3. The summed E-state index contributed by atoms with van der Waals surface area (Å²) in [5, 5.41) is 14.2. The molecule has 1 unspecified atom stereocenters. The number of hydrogen-bond acceptors (Lipinski definition) is 6. The smallest absolute Gasteiger partial charge is 0.416 e. The Kier molecular flexibility index (Phi) is 7.62. The molecule has 0 aliphatic heterocycles. The van der Waals surface area contributed by atoms with Crippen molar-refractivity contribution in [3.63, 3.8) is 0 Å². The molecule has 1 aliphatic carbocycles. The zero-order chi connectivity index (χ0) is 24.2. The first-order valence-electron chi connectivity index (χ1n) is 10.2. The zero-order valence-electron chi connectivity index (χ0n) is 17.6. The first-order valence-corrected chi connectivity index (χ1v) is 11.0. The van der Waals surface area contributed by atoms with Crippen LogP contribution in [0.25, 0.3) is 0 Å². The number of esters is 1. The van der Waals surface area contributed by atoms with Crippen molar-refractivity contribution >= 4 is 29.3 Å². The summed E-state index contributed by atoms with van der Waals surface area (Å²) in [4.78, 5) is 35.7. The average Bonchev–Trinajstić information content (AvgIpc) is 3.26. The minimum atomic E-state index is -4.73. The van der Waals surface area contributed by atoms with Crippen molar-refractivity contribution in [3.05, 3.63) is 63.7 Å². The topological polar surface area (TPSA) is 98.5 Å². The number of hydrogen-bond donors (Lipinski definition) is 1. The van der Waals surface area contributed by atoms with Crippen LogP contribution in [0.1, 0.15) is 48.5 Å². The van der Waals surface area contributed by atoms with Crippen LogP contribution in [0.3, 0.4) is 0 Å². The van der Waals surface area contributed by atoms with Gasteiger partial charge in [-0.15, -0.1) is 0 Å². The summed E-state index contributed by atoms with van der Waals surface area (Å²) in [5.41, 5.74) is -1.84. The van der Waals surface area contributed by atoms with Crippen LogP contribution in [0.15, 0.2) is 52.3 Å². The molecule has 0 saturated heterocycles. The third-order valence-corrected chi connectivity index (χ3v) is 6.31. The van der Waals surface area contributed by atoms with Gasteiger partial charge in [0.2, 0.25) is 0 Å². The average molecular weight is 482 g/mol. The van der Waals surface area contributed by atoms with E-state index in [2.05, 4.69) is 5.32 Å². The maximum atomic E-state index is 13.0. The minimum absolute atomic E-state index is 0.0391. The van der Waals surface area contributed by atoms with Crippen molar-refractivity contribution in [2.45, 2.75) is 60.7 Å². The highest BCUT2D eigenvalue weighted by atomic mass is 32.2. The molecule has 33 heavy (non-hydrogen) atoms. The summed E-state index contributed by atoms with van der Waals surface area (Å²) >= 11 is 0.768.